The lowest BCUT2D eigenvalue weighted by atomic mass is 10.1. The second kappa shape index (κ2) is 7.12. The van der Waals surface area contributed by atoms with Gasteiger partial charge < -0.3 is 5.32 Å². The quantitative estimate of drug-likeness (QED) is 0.878. The highest BCUT2D eigenvalue weighted by Gasteiger charge is 2.30. The summed E-state index contributed by atoms with van der Waals surface area (Å²) >= 11 is 2.81. The van der Waals surface area contributed by atoms with E-state index in [1.165, 1.54) is 15.6 Å². The Kier molecular flexibility index (Phi) is 5.15. The normalized spacial score (nSPS) is 17.2. The third kappa shape index (κ3) is 4.00. The molecule has 1 aliphatic heterocycles. The van der Waals surface area contributed by atoms with Gasteiger partial charge in [0, 0.05) is 24.0 Å². The number of carbonyl (C=O) groups excluding carboxylic acids is 1. The van der Waals surface area contributed by atoms with Gasteiger partial charge in [0.1, 0.15) is 4.21 Å². The van der Waals surface area contributed by atoms with Crippen LogP contribution < -0.4 is 5.32 Å². The number of amides is 1. The van der Waals surface area contributed by atoms with Crippen molar-refractivity contribution in [1.29, 1.82) is 0 Å². The maximum Gasteiger partial charge on any atom is 0.252 e. The second-order valence-electron chi connectivity index (χ2n) is 5.43. The maximum atomic E-state index is 12.4. The van der Waals surface area contributed by atoms with Crippen molar-refractivity contribution in [2.24, 2.45) is 0 Å². The molecule has 0 unspecified atom stereocenters. The molecule has 0 spiro atoms. The zero-order chi connectivity index (χ0) is 16.3. The Balaban J connectivity index is 1.51. The third-order valence-electron chi connectivity index (χ3n) is 3.82. The van der Waals surface area contributed by atoms with E-state index in [0.717, 1.165) is 4.88 Å². The highest BCUT2D eigenvalue weighted by molar-refractivity contribution is 7.91. The topological polar surface area (TPSA) is 66.5 Å². The van der Waals surface area contributed by atoms with Crippen molar-refractivity contribution in [3.8, 4) is 0 Å². The van der Waals surface area contributed by atoms with Crippen LogP contribution in [0.5, 0.6) is 0 Å². The van der Waals surface area contributed by atoms with Crippen LogP contribution in [0.2, 0.25) is 0 Å². The predicted molar refractivity (Wildman–Crippen MR) is 92.3 cm³/mol. The van der Waals surface area contributed by atoms with Gasteiger partial charge in [-0.25, -0.2) is 8.42 Å². The SMILES string of the molecule is O=C(Cc1cccs1)NC1CCN(S(=O)(=O)c2cccs2)CC1. The molecule has 0 bridgehead atoms. The summed E-state index contributed by atoms with van der Waals surface area (Å²) in [6.45, 7) is 0.897. The summed E-state index contributed by atoms with van der Waals surface area (Å²) < 4.78 is 26.8. The van der Waals surface area contributed by atoms with E-state index in [1.54, 1.807) is 28.8 Å². The maximum absolute atomic E-state index is 12.4. The second-order valence-corrected chi connectivity index (χ2v) is 9.58. The van der Waals surface area contributed by atoms with E-state index in [0.29, 0.717) is 36.6 Å². The lowest BCUT2D eigenvalue weighted by Crippen LogP contribution is -2.46. The van der Waals surface area contributed by atoms with E-state index < -0.39 is 10.0 Å². The monoisotopic (exact) mass is 370 g/mol. The summed E-state index contributed by atoms with van der Waals surface area (Å²) in [4.78, 5) is 13.1. The van der Waals surface area contributed by atoms with Crippen LogP contribution in [0.3, 0.4) is 0 Å². The minimum Gasteiger partial charge on any atom is -0.353 e. The van der Waals surface area contributed by atoms with E-state index in [2.05, 4.69) is 5.32 Å². The molecule has 124 valence electrons. The molecular weight excluding hydrogens is 352 g/mol. The van der Waals surface area contributed by atoms with Crippen LogP contribution in [0.1, 0.15) is 17.7 Å². The molecule has 8 heteroatoms. The number of hydrogen-bond acceptors (Lipinski definition) is 5. The first kappa shape index (κ1) is 16.6. The molecule has 0 saturated carbocycles. The Labute approximate surface area is 144 Å². The van der Waals surface area contributed by atoms with Crippen LogP contribution in [-0.2, 0) is 21.2 Å². The van der Waals surface area contributed by atoms with Crippen LogP contribution in [0.15, 0.2) is 39.2 Å². The Morgan fingerprint density at radius 3 is 2.48 bits per heavy atom. The highest BCUT2D eigenvalue weighted by atomic mass is 32.2. The summed E-state index contributed by atoms with van der Waals surface area (Å²) in [6.07, 6.45) is 1.70. The van der Waals surface area contributed by atoms with E-state index >= 15 is 0 Å². The first-order valence-electron chi connectivity index (χ1n) is 7.41. The van der Waals surface area contributed by atoms with Crippen molar-refractivity contribution in [2.75, 3.05) is 13.1 Å². The molecule has 1 fully saturated rings. The van der Waals surface area contributed by atoms with Gasteiger partial charge in [0.15, 0.2) is 0 Å². The fourth-order valence-corrected chi connectivity index (χ4v) is 5.95. The van der Waals surface area contributed by atoms with Crippen molar-refractivity contribution in [3.63, 3.8) is 0 Å². The summed E-state index contributed by atoms with van der Waals surface area (Å²) in [6, 6.07) is 7.31. The van der Waals surface area contributed by atoms with Gasteiger partial charge in [-0.05, 0) is 35.7 Å². The Morgan fingerprint density at radius 2 is 1.87 bits per heavy atom. The van der Waals surface area contributed by atoms with Crippen molar-refractivity contribution in [2.45, 2.75) is 29.5 Å². The van der Waals surface area contributed by atoms with Crippen LogP contribution in [-0.4, -0.2) is 37.8 Å². The lowest BCUT2D eigenvalue weighted by Gasteiger charge is -2.31. The fourth-order valence-electron chi connectivity index (χ4n) is 2.63. The number of piperidine rings is 1. The van der Waals surface area contributed by atoms with Gasteiger partial charge in [0.25, 0.3) is 10.0 Å². The minimum atomic E-state index is -3.37. The van der Waals surface area contributed by atoms with Gasteiger partial charge in [0.2, 0.25) is 5.91 Å². The van der Waals surface area contributed by atoms with Crippen LogP contribution >= 0.6 is 22.7 Å². The van der Waals surface area contributed by atoms with Gasteiger partial charge in [-0.2, -0.15) is 4.31 Å². The zero-order valence-electron chi connectivity index (χ0n) is 12.5. The number of carbonyl (C=O) groups is 1. The molecule has 23 heavy (non-hydrogen) atoms. The van der Waals surface area contributed by atoms with Gasteiger partial charge in [-0.1, -0.05) is 12.1 Å². The van der Waals surface area contributed by atoms with E-state index in [-0.39, 0.29) is 11.9 Å². The van der Waals surface area contributed by atoms with Gasteiger partial charge in [0.05, 0.1) is 6.42 Å². The highest BCUT2D eigenvalue weighted by Crippen LogP contribution is 2.24. The summed E-state index contributed by atoms with van der Waals surface area (Å²) in [5, 5.41) is 6.74. The van der Waals surface area contributed by atoms with E-state index in [1.807, 2.05) is 17.5 Å². The number of nitrogens with zero attached hydrogens (tertiary/aromatic N) is 1. The molecule has 0 aromatic carbocycles. The van der Waals surface area contributed by atoms with E-state index in [9.17, 15) is 13.2 Å². The summed E-state index contributed by atoms with van der Waals surface area (Å²) in [7, 11) is -3.37. The summed E-state index contributed by atoms with van der Waals surface area (Å²) in [5.74, 6) is 0.00649. The first-order chi connectivity index (χ1) is 11.1. The van der Waals surface area contributed by atoms with Crippen LogP contribution in [0.25, 0.3) is 0 Å². The standard InChI is InChI=1S/C15H18N2O3S3/c18-14(11-13-3-1-9-21-13)16-12-5-7-17(8-6-12)23(19,20)15-4-2-10-22-15/h1-4,9-10,12H,5-8,11H2,(H,16,18). The van der Waals surface area contributed by atoms with Crippen molar-refractivity contribution in [3.05, 3.63) is 39.9 Å². The molecule has 0 aliphatic carbocycles. The third-order valence-corrected chi connectivity index (χ3v) is 7.97. The summed E-state index contributed by atoms with van der Waals surface area (Å²) in [5.41, 5.74) is 0. The number of hydrogen-bond donors (Lipinski definition) is 1. The van der Waals surface area contributed by atoms with E-state index in [4.69, 9.17) is 0 Å². The average molecular weight is 371 g/mol. The molecule has 1 aliphatic rings. The van der Waals surface area contributed by atoms with Crippen LogP contribution in [0.4, 0.5) is 0 Å². The number of sulfonamides is 1. The molecule has 3 rings (SSSR count). The van der Waals surface area contributed by atoms with Gasteiger partial charge >= 0.3 is 0 Å². The van der Waals surface area contributed by atoms with Gasteiger partial charge in [-0.3, -0.25) is 4.79 Å². The van der Waals surface area contributed by atoms with Crippen molar-refractivity contribution < 1.29 is 13.2 Å². The zero-order valence-corrected chi connectivity index (χ0v) is 14.9. The Hall–Kier alpha value is -1.22. The van der Waals surface area contributed by atoms with Crippen LogP contribution in [0, 0.1) is 0 Å². The molecule has 1 saturated heterocycles. The molecule has 1 amide bonds. The molecule has 2 aromatic heterocycles. The number of thiophene rings is 2. The number of nitrogens with one attached hydrogen (secondary N) is 1. The molecular formula is C15H18N2O3S3. The molecule has 3 heterocycles. The number of rotatable bonds is 5. The van der Waals surface area contributed by atoms with Gasteiger partial charge in [-0.15, -0.1) is 22.7 Å². The molecule has 0 atom stereocenters. The largest absolute Gasteiger partial charge is 0.353 e. The Bertz CT molecular complexity index is 731. The minimum absolute atomic E-state index is 0.00649. The predicted octanol–water partition coefficient (Wildman–Crippen LogP) is 2.32. The average Bonchev–Trinajstić information content (AvgIpc) is 3.21. The smallest absolute Gasteiger partial charge is 0.252 e. The molecule has 2 aromatic rings. The Morgan fingerprint density at radius 1 is 1.17 bits per heavy atom. The van der Waals surface area contributed by atoms with Crippen molar-refractivity contribution in [1.82, 2.24) is 9.62 Å². The fraction of sp³-hybridized carbons (Fsp3) is 0.400. The van der Waals surface area contributed by atoms with Crippen molar-refractivity contribution >= 4 is 38.6 Å². The molecule has 0 radical (unpaired) electrons. The lowest BCUT2D eigenvalue weighted by molar-refractivity contribution is -0.121. The molecule has 1 N–H and O–H groups in total. The molecule has 5 nitrogen and oxygen atoms in total. The first-order valence-corrected chi connectivity index (χ1v) is 10.6.